The van der Waals surface area contributed by atoms with Crippen molar-refractivity contribution < 1.29 is 4.79 Å². The summed E-state index contributed by atoms with van der Waals surface area (Å²) in [5, 5.41) is 14.3. The largest absolute Gasteiger partial charge is 0.357 e. The van der Waals surface area contributed by atoms with Crippen molar-refractivity contribution >= 4 is 35.8 Å². The fourth-order valence-electron chi connectivity index (χ4n) is 4.07. The molecule has 1 fully saturated rings. The van der Waals surface area contributed by atoms with Gasteiger partial charge in [0, 0.05) is 31.2 Å². The number of nitrogens with zero attached hydrogens (tertiary/aromatic N) is 3. The van der Waals surface area contributed by atoms with Gasteiger partial charge in [-0.2, -0.15) is 5.10 Å². The third kappa shape index (κ3) is 7.79. The Labute approximate surface area is 208 Å². The minimum atomic E-state index is 0. The summed E-state index contributed by atoms with van der Waals surface area (Å²) in [5.41, 5.74) is 4.24. The number of aliphatic imine (C=N–C) groups is 1. The summed E-state index contributed by atoms with van der Waals surface area (Å²) >= 11 is 0. The van der Waals surface area contributed by atoms with E-state index in [0.29, 0.717) is 25.6 Å². The maximum atomic E-state index is 12.2. The molecular weight excluding hydrogens is 515 g/mol. The SMILES string of the molecule is CCNC(=NCc1ccccc1-n1nc(C)cc1C)NCCC(=O)NC1CCCCC1.I. The van der Waals surface area contributed by atoms with Crippen LogP contribution in [0.4, 0.5) is 0 Å². The maximum Gasteiger partial charge on any atom is 0.221 e. The normalized spacial score (nSPS) is 14.5. The molecule has 0 saturated heterocycles. The molecule has 7 nitrogen and oxygen atoms in total. The van der Waals surface area contributed by atoms with Crippen molar-refractivity contribution in [1.29, 1.82) is 0 Å². The fourth-order valence-corrected chi connectivity index (χ4v) is 4.07. The third-order valence-corrected chi connectivity index (χ3v) is 5.60. The van der Waals surface area contributed by atoms with Gasteiger partial charge < -0.3 is 16.0 Å². The van der Waals surface area contributed by atoms with Crippen molar-refractivity contribution in [3.05, 3.63) is 47.3 Å². The van der Waals surface area contributed by atoms with Crippen molar-refractivity contribution in [3.63, 3.8) is 0 Å². The molecule has 2 aromatic rings. The monoisotopic (exact) mass is 552 g/mol. The lowest BCUT2D eigenvalue weighted by Crippen LogP contribution is -2.41. The number of carbonyl (C=O) groups excluding carboxylic acids is 1. The number of aromatic nitrogens is 2. The molecule has 1 amide bonds. The number of hydrogen-bond donors (Lipinski definition) is 3. The maximum absolute atomic E-state index is 12.2. The Hall–Kier alpha value is -2.10. The third-order valence-electron chi connectivity index (χ3n) is 5.60. The number of para-hydroxylation sites is 1. The van der Waals surface area contributed by atoms with E-state index in [-0.39, 0.29) is 29.9 Å². The number of carbonyl (C=O) groups is 1. The first-order valence-electron chi connectivity index (χ1n) is 11.5. The van der Waals surface area contributed by atoms with Gasteiger partial charge in [-0.1, -0.05) is 37.5 Å². The molecule has 1 heterocycles. The van der Waals surface area contributed by atoms with Gasteiger partial charge in [-0.05, 0) is 51.3 Å². The predicted molar refractivity (Wildman–Crippen MR) is 141 cm³/mol. The zero-order valence-corrected chi connectivity index (χ0v) is 21.8. The molecule has 0 atom stereocenters. The Balaban J connectivity index is 0.00000363. The van der Waals surface area contributed by atoms with E-state index < -0.39 is 0 Å². The molecule has 8 heteroatoms. The molecule has 1 aromatic heterocycles. The smallest absolute Gasteiger partial charge is 0.221 e. The van der Waals surface area contributed by atoms with E-state index in [0.717, 1.165) is 48.0 Å². The molecule has 3 rings (SSSR count). The summed E-state index contributed by atoms with van der Waals surface area (Å²) in [6.45, 7) is 7.95. The minimum Gasteiger partial charge on any atom is -0.357 e. The number of amides is 1. The number of nitrogens with one attached hydrogen (secondary N) is 3. The van der Waals surface area contributed by atoms with Crippen LogP contribution in [0.5, 0.6) is 0 Å². The Morgan fingerprint density at radius 3 is 2.59 bits per heavy atom. The van der Waals surface area contributed by atoms with Crippen LogP contribution in [0.15, 0.2) is 35.3 Å². The number of hydrogen-bond acceptors (Lipinski definition) is 3. The molecule has 0 aliphatic heterocycles. The number of benzene rings is 1. The number of halogens is 1. The average molecular weight is 553 g/mol. The summed E-state index contributed by atoms with van der Waals surface area (Å²) in [7, 11) is 0. The highest BCUT2D eigenvalue weighted by Crippen LogP contribution is 2.18. The van der Waals surface area contributed by atoms with Gasteiger partial charge in [0.05, 0.1) is 17.9 Å². The van der Waals surface area contributed by atoms with Crippen LogP contribution >= 0.6 is 24.0 Å². The van der Waals surface area contributed by atoms with Crippen LogP contribution in [0.1, 0.15) is 62.4 Å². The number of rotatable bonds is 8. The van der Waals surface area contributed by atoms with Gasteiger partial charge in [-0.3, -0.25) is 4.79 Å². The lowest BCUT2D eigenvalue weighted by molar-refractivity contribution is -0.121. The van der Waals surface area contributed by atoms with Gasteiger partial charge >= 0.3 is 0 Å². The highest BCUT2D eigenvalue weighted by Gasteiger charge is 2.15. The molecular formula is C24H37IN6O. The van der Waals surface area contributed by atoms with E-state index >= 15 is 0 Å². The standard InChI is InChI=1S/C24H36N6O.HI/c1-4-25-24(26-15-14-23(31)28-21-11-6-5-7-12-21)27-17-20-10-8-9-13-22(20)30-19(3)16-18(2)29-30;/h8-10,13,16,21H,4-7,11-12,14-15,17H2,1-3H3,(H,28,31)(H2,25,26,27);1H. The topological polar surface area (TPSA) is 83.3 Å². The summed E-state index contributed by atoms with van der Waals surface area (Å²) in [5.74, 6) is 0.834. The molecule has 0 spiro atoms. The first-order valence-corrected chi connectivity index (χ1v) is 11.5. The van der Waals surface area contributed by atoms with Crippen molar-refractivity contribution in [2.75, 3.05) is 13.1 Å². The van der Waals surface area contributed by atoms with Gasteiger partial charge in [0.15, 0.2) is 5.96 Å². The second-order valence-electron chi connectivity index (χ2n) is 8.24. The molecule has 3 N–H and O–H groups in total. The molecule has 0 bridgehead atoms. The van der Waals surface area contributed by atoms with E-state index in [1.54, 1.807) is 0 Å². The summed E-state index contributed by atoms with van der Waals surface area (Å²) in [4.78, 5) is 17.0. The lowest BCUT2D eigenvalue weighted by Gasteiger charge is -2.22. The van der Waals surface area contributed by atoms with Gasteiger partial charge in [0.25, 0.3) is 0 Å². The minimum absolute atomic E-state index is 0. The molecule has 1 saturated carbocycles. The van der Waals surface area contributed by atoms with Crippen molar-refractivity contribution in [2.24, 2.45) is 4.99 Å². The van der Waals surface area contributed by atoms with E-state index in [1.807, 2.05) is 30.7 Å². The quantitative estimate of drug-likeness (QED) is 0.263. The Morgan fingerprint density at radius 1 is 1.16 bits per heavy atom. The van der Waals surface area contributed by atoms with Crippen LogP contribution in [-0.2, 0) is 11.3 Å². The van der Waals surface area contributed by atoms with E-state index in [9.17, 15) is 4.79 Å². The zero-order valence-electron chi connectivity index (χ0n) is 19.5. The second-order valence-corrected chi connectivity index (χ2v) is 8.24. The van der Waals surface area contributed by atoms with Crippen LogP contribution < -0.4 is 16.0 Å². The van der Waals surface area contributed by atoms with Gasteiger partial charge in [0.1, 0.15) is 0 Å². The van der Waals surface area contributed by atoms with Gasteiger partial charge in [-0.25, -0.2) is 9.67 Å². The van der Waals surface area contributed by atoms with Crippen LogP contribution in [-0.4, -0.2) is 40.8 Å². The zero-order chi connectivity index (χ0) is 22.1. The molecule has 0 radical (unpaired) electrons. The summed E-state index contributed by atoms with van der Waals surface area (Å²) in [6.07, 6.45) is 6.40. The van der Waals surface area contributed by atoms with Crippen molar-refractivity contribution in [3.8, 4) is 5.69 Å². The van der Waals surface area contributed by atoms with Crippen molar-refractivity contribution in [2.45, 2.75) is 71.9 Å². The first-order chi connectivity index (χ1) is 15.1. The molecule has 32 heavy (non-hydrogen) atoms. The molecule has 1 aliphatic carbocycles. The van der Waals surface area contributed by atoms with E-state index in [4.69, 9.17) is 4.99 Å². The Morgan fingerprint density at radius 2 is 1.91 bits per heavy atom. The highest BCUT2D eigenvalue weighted by atomic mass is 127. The van der Waals surface area contributed by atoms with E-state index in [1.165, 1.54) is 19.3 Å². The molecule has 0 unspecified atom stereocenters. The Bertz CT molecular complexity index is 888. The average Bonchev–Trinajstić information content (AvgIpc) is 3.10. The highest BCUT2D eigenvalue weighted by molar-refractivity contribution is 14.0. The lowest BCUT2D eigenvalue weighted by atomic mass is 9.95. The summed E-state index contributed by atoms with van der Waals surface area (Å²) < 4.78 is 1.97. The molecule has 1 aliphatic rings. The van der Waals surface area contributed by atoms with Crippen LogP contribution in [0, 0.1) is 13.8 Å². The fraction of sp³-hybridized carbons (Fsp3) is 0.542. The molecule has 1 aromatic carbocycles. The van der Waals surface area contributed by atoms with Gasteiger partial charge in [0.2, 0.25) is 5.91 Å². The molecule has 176 valence electrons. The Kier molecular flexibility index (Phi) is 11.0. The predicted octanol–water partition coefficient (Wildman–Crippen LogP) is 4.00. The van der Waals surface area contributed by atoms with Gasteiger partial charge in [-0.15, -0.1) is 24.0 Å². The van der Waals surface area contributed by atoms with E-state index in [2.05, 4.69) is 46.2 Å². The first kappa shape index (κ1) is 26.2. The van der Waals surface area contributed by atoms with Crippen LogP contribution in [0.3, 0.4) is 0 Å². The van der Waals surface area contributed by atoms with Crippen LogP contribution in [0.25, 0.3) is 5.69 Å². The number of guanidine groups is 1. The van der Waals surface area contributed by atoms with Crippen LogP contribution in [0.2, 0.25) is 0 Å². The second kappa shape index (κ2) is 13.4. The summed E-state index contributed by atoms with van der Waals surface area (Å²) in [6, 6.07) is 10.6. The van der Waals surface area contributed by atoms with Crippen molar-refractivity contribution in [1.82, 2.24) is 25.7 Å². The number of aryl methyl sites for hydroxylation is 2.